The van der Waals surface area contributed by atoms with Gasteiger partial charge in [-0.1, -0.05) is 29.8 Å². The maximum atomic E-state index is 13.6. The van der Waals surface area contributed by atoms with Gasteiger partial charge in [0.25, 0.3) is 0 Å². The number of para-hydroxylation sites is 1. The maximum Gasteiger partial charge on any atom is 0.325 e. The molecule has 34 heavy (non-hydrogen) atoms. The number of benzene rings is 2. The number of carboxylic acid groups (broad SMARTS) is 2. The first-order valence-corrected chi connectivity index (χ1v) is 10.6. The fourth-order valence-corrected chi connectivity index (χ4v) is 5.05. The molecule has 2 aliphatic heterocycles. The zero-order chi connectivity index (χ0) is 24.9. The molecular formula is C23H21ClN2O8. The SMILES string of the molecule is COc1cccc(C2NC(CC(=O)O)(C(=O)O)C3C(=O)N(c4ccc(C)c(Cl)c4)C(=O)C23)c1O. The lowest BCUT2D eigenvalue weighted by molar-refractivity contribution is -0.154. The quantitative estimate of drug-likeness (QED) is 0.447. The lowest BCUT2D eigenvalue weighted by Gasteiger charge is -2.30. The summed E-state index contributed by atoms with van der Waals surface area (Å²) in [4.78, 5) is 52.2. The molecule has 0 radical (unpaired) electrons. The molecule has 2 aromatic rings. The number of anilines is 1. The number of hydrogen-bond acceptors (Lipinski definition) is 7. The van der Waals surface area contributed by atoms with Crippen LogP contribution in [0.15, 0.2) is 36.4 Å². The molecule has 2 fully saturated rings. The Hall–Kier alpha value is -3.63. The van der Waals surface area contributed by atoms with Crippen LogP contribution in [0, 0.1) is 18.8 Å². The van der Waals surface area contributed by atoms with E-state index < -0.39 is 53.6 Å². The number of fused-ring (bicyclic) bond motifs is 1. The number of phenols is 1. The molecule has 0 bridgehead atoms. The van der Waals surface area contributed by atoms with E-state index >= 15 is 0 Å². The average Bonchev–Trinajstić information content (AvgIpc) is 3.24. The number of ether oxygens (including phenoxy) is 1. The molecule has 4 atom stereocenters. The van der Waals surface area contributed by atoms with Crippen LogP contribution in [0.3, 0.4) is 0 Å². The fraction of sp³-hybridized carbons (Fsp3) is 0.304. The van der Waals surface area contributed by atoms with Crippen molar-refractivity contribution in [1.82, 2.24) is 5.32 Å². The number of phenolic OH excluding ortho intramolecular Hbond substituents is 1. The number of nitrogens with zero attached hydrogens (tertiary/aromatic N) is 1. The highest BCUT2D eigenvalue weighted by atomic mass is 35.5. The van der Waals surface area contributed by atoms with Crippen molar-refractivity contribution in [2.75, 3.05) is 12.0 Å². The van der Waals surface area contributed by atoms with Gasteiger partial charge >= 0.3 is 11.9 Å². The van der Waals surface area contributed by atoms with E-state index in [9.17, 15) is 34.5 Å². The number of aromatic hydroxyl groups is 1. The van der Waals surface area contributed by atoms with E-state index in [-0.39, 0.29) is 22.7 Å². The topological polar surface area (TPSA) is 153 Å². The van der Waals surface area contributed by atoms with Crippen LogP contribution in [0.2, 0.25) is 5.02 Å². The molecule has 2 aromatic carbocycles. The Morgan fingerprint density at radius 3 is 2.47 bits per heavy atom. The molecule has 4 unspecified atom stereocenters. The molecule has 4 N–H and O–H groups in total. The second-order valence-corrected chi connectivity index (χ2v) is 8.72. The summed E-state index contributed by atoms with van der Waals surface area (Å²) in [5.41, 5.74) is -1.35. The van der Waals surface area contributed by atoms with Gasteiger partial charge in [-0.3, -0.25) is 24.5 Å². The first-order valence-electron chi connectivity index (χ1n) is 10.3. The van der Waals surface area contributed by atoms with Gasteiger partial charge in [0.2, 0.25) is 11.8 Å². The first-order chi connectivity index (χ1) is 16.0. The van der Waals surface area contributed by atoms with Gasteiger partial charge in [0.05, 0.1) is 31.1 Å². The van der Waals surface area contributed by atoms with Crippen molar-refractivity contribution in [3.8, 4) is 11.5 Å². The summed E-state index contributed by atoms with van der Waals surface area (Å²) in [6, 6.07) is 7.79. The van der Waals surface area contributed by atoms with Gasteiger partial charge in [-0.25, -0.2) is 4.90 Å². The summed E-state index contributed by atoms with van der Waals surface area (Å²) >= 11 is 6.18. The number of amides is 2. The van der Waals surface area contributed by atoms with E-state index in [1.165, 1.54) is 37.4 Å². The van der Waals surface area contributed by atoms with Crippen molar-refractivity contribution in [3.63, 3.8) is 0 Å². The van der Waals surface area contributed by atoms with Crippen molar-refractivity contribution in [2.24, 2.45) is 11.8 Å². The van der Waals surface area contributed by atoms with Crippen LogP contribution in [0.1, 0.15) is 23.6 Å². The number of carbonyl (C=O) groups is 4. The predicted molar refractivity (Wildman–Crippen MR) is 119 cm³/mol. The molecule has 0 aromatic heterocycles. The van der Waals surface area contributed by atoms with E-state index in [1.54, 1.807) is 13.0 Å². The van der Waals surface area contributed by atoms with Crippen molar-refractivity contribution in [3.05, 3.63) is 52.5 Å². The van der Waals surface area contributed by atoms with E-state index in [0.717, 1.165) is 4.90 Å². The van der Waals surface area contributed by atoms with Gasteiger partial charge in [-0.15, -0.1) is 0 Å². The summed E-state index contributed by atoms with van der Waals surface area (Å²) in [6.45, 7) is 1.74. The third kappa shape index (κ3) is 3.37. The van der Waals surface area contributed by atoms with Crippen molar-refractivity contribution in [1.29, 1.82) is 0 Å². The molecule has 0 aliphatic carbocycles. The second-order valence-electron chi connectivity index (χ2n) is 8.32. The third-order valence-electron chi connectivity index (χ3n) is 6.46. The standard InChI is InChI=1S/C23H21ClN2O8/c1-10-6-7-11(8-13(10)24)26-20(30)16-17(21(26)31)23(22(32)33,9-15(27)28)25-18(16)12-4-3-5-14(34-2)19(12)29/h3-8,16-18,25,29H,9H2,1-2H3,(H,27,28)(H,32,33). The molecule has 2 amide bonds. The van der Waals surface area contributed by atoms with E-state index in [4.69, 9.17) is 16.3 Å². The Labute approximate surface area is 198 Å². The van der Waals surface area contributed by atoms with Gasteiger partial charge < -0.3 is 20.1 Å². The smallest absolute Gasteiger partial charge is 0.325 e. The highest BCUT2D eigenvalue weighted by Crippen LogP contribution is 2.53. The Morgan fingerprint density at radius 2 is 1.88 bits per heavy atom. The highest BCUT2D eigenvalue weighted by molar-refractivity contribution is 6.32. The monoisotopic (exact) mass is 488 g/mol. The number of rotatable bonds is 6. The van der Waals surface area contributed by atoms with E-state index in [2.05, 4.69) is 5.32 Å². The fourth-order valence-electron chi connectivity index (χ4n) is 4.87. The van der Waals surface area contributed by atoms with Gasteiger partial charge in [0.1, 0.15) is 5.54 Å². The number of aliphatic carboxylic acids is 2. The minimum absolute atomic E-state index is 0.0702. The predicted octanol–water partition coefficient (Wildman–Crippen LogP) is 2.11. The molecule has 2 aliphatic rings. The first kappa shape index (κ1) is 23.5. The summed E-state index contributed by atoms with van der Waals surface area (Å²) in [5, 5.41) is 33.3. The molecular weight excluding hydrogens is 468 g/mol. The Balaban J connectivity index is 1.91. The Kier molecular flexibility index (Phi) is 5.74. The minimum Gasteiger partial charge on any atom is -0.504 e. The van der Waals surface area contributed by atoms with E-state index in [0.29, 0.717) is 10.6 Å². The van der Waals surface area contributed by atoms with Crippen LogP contribution in [0.25, 0.3) is 0 Å². The highest BCUT2D eigenvalue weighted by Gasteiger charge is 2.69. The van der Waals surface area contributed by atoms with E-state index in [1.807, 2.05) is 0 Å². The molecule has 2 heterocycles. The number of halogens is 1. The number of nitrogens with one attached hydrogen (secondary N) is 1. The minimum atomic E-state index is -2.30. The van der Waals surface area contributed by atoms with Crippen LogP contribution < -0.4 is 15.0 Å². The van der Waals surface area contributed by atoms with Gasteiger partial charge in [0, 0.05) is 16.6 Å². The number of methoxy groups -OCH3 is 1. The zero-order valence-electron chi connectivity index (χ0n) is 18.1. The number of aryl methyl sites for hydroxylation is 1. The number of carboxylic acids is 2. The molecule has 11 heteroatoms. The number of carbonyl (C=O) groups excluding carboxylic acids is 2. The number of imide groups is 1. The Bertz CT molecular complexity index is 1230. The number of hydrogen-bond donors (Lipinski definition) is 4. The van der Waals surface area contributed by atoms with Crippen LogP contribution >= 0.6 is 11.6 Å². The molecule has 0 saturated carbocycles. The van der Waals surface area contributed by atoms with Crippen molar-refractivity contribution in [2.45, 2.75) is 24.9 Å². The van der Waals surface area contributed by atoms with Crippen LogP contribution in [-0.2, 0) is 19.2 Å². The lowest BCUT2D eigenvalue weighted by atomic mass is 9.77. The summed E-state index contributed by atoms with van der Waals surface area (Å²) in [5.74, 6) is -7.80. The second kappa shape index (κ2) is 8.30. The summed E-state index contributed by atoms with van der Waals surface area (Å²) < 4.78 is 5.12. The van der Waals surface area contributed by atoms with Crippen molar-refractivity contribution >= 4 is 41.0 Å². The lowest BCUT2D eigenvalue weighted by Crippen LogP contribution is -2.57. The molecule has 4 rings (SSSR count). The molecule has 0 spiro atoms. The van der Waals surface area contributed by atoms with Gasteiger partial charge in [-0.05, 0) is 30.7 Å². The van der Waals surface area contributed by atoms with Crippen LogP contribution in [0.5, 0.6) is 11.5 Å². The Morgan fingerprint density at radius 1 is 1.18 bits per heavy atom. The largest absolute Gasteiger partial charge is 0.504 e. The summed E-state index contributed by atoms with van der Waals surface area (Å²) in [6.07, 6.45) is -0.966. The van der Waals surface area contributed by atoms with Gasteiger partial charge in [0.15, 0.2) is 11.5 Å². The van der Waals surface area contributed by atoms with Crippen molar-refractivity contribution < 1.29 is 39.2 Å². The molecule has 2 saturated heterocycles. The molecule has 10 nitrogen and oxygen atoms in total. The zero-order valence-corrected chi connectivity index (χ0v) is 18.9. The maximum absolute atomic E-state index is 13.6. The normalized spacial score (nSPS) is 26.0. The third-order valence-corrected chi connectivity index (χ3v) is 6.87. The average molecular weight is 489 g/mol. The summed E-state index contributed by atoms with van der Waals surface area (Å²) in [7, 11) is 1.32. The van der Waals surface area contributed by atoms with Crippen LogP contribution in [-0.4, -0.2) is 51.7 Å². The van der Waals surface area contributed by atoms with Gasteiger partial charge in [-0.2, -0.15) is 0 Å². The van der Waals surface area contributed by atoms with Crippen LogP contribution in [0.4, 0.5) is 5.69 Å². The molecule has 178 valence electrons.